The summed E-state index contributed by atoms with van der Waals surface area (Å²) in [7, 11) is 0. The number of aliphatic hydroxyl groups is 1. The zero-order chi connectivity index (χ0) is 29.1. The minimum Gasteiger partial charge on any atom is -0.363 e. The third-order valence-electron chi connectivity index (χ3n) is 8.03. The summed E-state index contributed by atoms with van der Waals surface area (Å²) in [4.78, 5) is 27.8. The van der Waals surface area contributed by atoms with Crippen LogP contribution in [0.25, 0.3) is 16.9 Å². The zero-order valence-electron chi connectivity index (χ0n) is 24.4. The number of amidine groups is 1. The number of nitriles is 1. The number of fused-ring (bicyclic) bond motifs is 1. The van der Waals surface area contributed by atoms with Gasteiger partial charge in [0.1, 0.15) is 12.9 Å². The molecule has 1 unspecified atom stereocenters. The fraction of sp³-hybridized carbons (Fsp3) is 0.387. The van der Waals surface area contributed by atoms with Gasteiger partial charge in [-0.1, -0.05) is 61.9 Å². The van der Waals surface area contributed by atoms with Crippen LogP contribution in [0.5, 0.6) is 0 Å². The summed E-state index contributed by atoms with van der Waals surface area (Å²) in [5, 5.41) is 23.1. The van der Waals surface area contributed by atoms with Crippen LogP contribution in [0, 0.1) is 11.3 Å². The Hall–Kier alpha value is -2.73. The van der Waals surface area contributed by atoms with Crippen LogP contribution in [0.2, 0.25) is 0 Å². The van der Waals surface area contributed by atoms with Crippen LogP contribution in [0.15, 0.2) is 64.6 Å². The molecular weight excluding hydrogens is 573 g/mol. The molecule has 6 rings (SSSR count). The van der Waals surface area contributed by atoms with Crippen molar-refractivity contribution >= 4 is 11.6 Å². The third kappa shape index (κ3) is 6.69. The van der Waals surface area contributed by atoms with Gasteiger partial charge in [-0.3, -0.25) is 9.36 Å². The third-order valence-corrected chi connectivity index (χ3v) is 8.03. The number of aliphatic imine (C=N–C) groups is 1. The van der Waals surface area contributed by atoms with Crippen LogP contribution in [-0.2, 0) is 22.4 Å². The summed E-state index contributed by atoms with van der Waals surface area (Å²) in [6, 6.07) is 18.0. The quantitative estimate of drug-likeness (QED) is 0.266. The average molecular weight is 607 g/mol. The Morgan fingerprint density at radius 2 is 1.86 bits per heavy atom. The van der Waals surface area contributed by atoms with Gasteiger partial charge in [-0.05, 0) is 48.8 Å². The second-order valence-electron chi connectivity index (χ2n) is 10.7. The Balaban J connectivity index is 0.00000368. The van der Waals surface area contributed by atoms with Crippen LogP contribution in [0.3, 0.4) is 0 Å². The number of nitrogens with one attached hydrogen (secondary N) is 1. The first kappa shape index (κ1) is 31.7. The molecule has 216 valence electrons. The van der Waals surface area contributed by atoms with Gasteiger partial charge >= 0.3 is 51.4 Å². The van der Waals surface area contributed by atoms with Crippen molar-refractivity contribution in [3.63, 3.8) is 0 Å². The van der Waals surface area contributed by atoms with Gasteiger partial charge in [0.05, 0.1) is 17.9 Å². The van der Waals surface area contributed by atoms with E-state index in [4.69, 9.17) is 14.8 Å². The van der Waals surface area contributed by atoms with E-state index in [1.54, 1.807) is 0 Å². The first-order valence-corrected chi connectivity index (χ1v) is 14.4. The molecule has 12 heteroatoms. The molecule has 1 saturated carbocycles. The Kier molecular flexibility index (Phi) is 10.6. The molecule has 2 aliphatic rings. The minimum atomic E-state index is -1.23. The van der Waals surface area contributed by atoms with E-state index >= 15 is 0 Å². The second kappa shape index (κ2) is 14.4. The molecule has 3 heterocycles. The van der Waals surface area contributed by atoms with Crippen LogP contribution in [-0.4, -0.2) is 49.2 Å². The van der Waals surface area contributed by atoms with Crippen molar-refractivity contribution in [2.75, 3.05) is 6.61 Å². The molecule has 0 saturated heterocycles. The molecular formula is C31H33KN7O4+. The van der Waals surface area contributed by atoms with Crippen molar-refractivity contribution < 1.29 is 66.1 Å². The molecule has 2 aromatic carbocycles. The van der Waals surface area contributed by atoms with Crippen molar-refractivity contribution in [3.05, 3.63) is 87.6 Å². The molecule has 11 nitrogen and oxygen atoms in total. The largest absolute Gasteiger partial charge is 1.00 e. The Bertz CT molecular complexity index is 1700. The topological polar surface area (TPSA) is 139 Å². The maximum atomic E-state index is 14.2. The maximum Gasteiger partial charge on any atom is 1.00 e. The van der Waals surface area contributed by atoms with Crippen molar-refractivity contribution in [1.29, 1.82) is 5.26 Å². The number of rotatable bonds is 9. The number of hydrogen-bond donors (Lipinski definition) is 2. The summed E-state index contributed by atoms with van der Waals surface area (Å²) >= 11 is 0. The molecule has 4 aromatic rings. The first-order valence-electron chi connectivity index (χ1n) is 14.4. The number of ether oxygens (including phenoxy) is 1. The Labute approximate surface area is 291 Å². The molecule has 2 aromatic heterocycles. The van der Waals surface area contributed by atoms with Crippen LogP contribution >= 0.6 is 0 Å². The molecule has 1 atom stereocenters. The molecule has 1 aliphatic carbocycles. The zero-order valence-corrected chi connectivity index (χ0v) is 27.6. The number of aliphatic hydroxyl groups excluding tert-OH is 1. The van der Waals surface area contributed by atoms with Crippen molar-refractivity contribution in [2.24, 2.45) is 4.99 Å². The fourth-order valence-corrected chi connectivity index (χ4v) is 6.05. The van der Waals surface area contributed by atoms with E-state index in [-0.39, 0.29) is 75.7 Å². The molecule has 1 fully saturated rings. The van der Waals surface area contributed by atoms with Gasteiger partial charge in [0.15, 0.2) is 5.84 Å². The molecule has 0 bridgehead atoms. The molecule has 0 spiro atoms. The van der Waals surface area contributed by atoms with Gasteiger partial charge < -0.3 is 9.84 Å². The summed E-state index contributed by atoms with van der Waals surface area (Å²) in [6.45, 7) is 2.19. The van der Waals surface area contributed by atoms with E-state index in [9.17, 15) is 9.90 Å². The Morgan fingerprint density at radius 1 is 1.12 bits per heavy atom. The van der Waals surface area contributed by atoms with E-state index in [0.717, 1.165) is 65.6 Å². The van der Waals surface area contributed by atoms with Crippen molar-refractivity contribution in [2.45, 2.75) is 70.4 Å². The predicted molar refractivity (Wildman–Crippen MR) is 156 cm³/mol. The number of nitrogens with zero attached hydrogens (tertiary/aromatic N) is 6. The number of benzene rings is 2. The maximum absolute atomic E-state index is 14.2. The predicted octanol–water partition coefficient (Wildman–Crippen LogP) is 0.686. The number of aryl methyl sites for hydroxylation is 1. The van der Waals surface area contributed by atoms with Gasteiger partial charge in [0.2, 0.25) is 5.78 Å². The number of hydrogen-bond acceptors (Lipinski definition) is 9. The summed E-state index contributed by atoms with van der Waals surface area (Å²) in [5.74, 6) is 1.05. The molecule has 0 amide bonds. The van der Waals surface area contributed by atoms with Crippen LogP contribution in [0.1, 0.15) is 67.5 Å². The van der Waals surface area contributed by atoms with Gasteiger partial charge in [-0.15, -0.1) is 0 Å². The molecule has 1 aliphatic heterocycles. The minimum absolute atomic E-state index is 0. The van der Waals surface area contributed by atoms with Gasteiger partial charge in [-0.2, -0.15) is 15.3 Å². The average Bonchev–Trinajstić information content (AvgIpc) is 3.68. The van der Waals surface area contributed by atoms with E-state index < -0.39 is 6.41 Å². The molecule has 43 heavy (non-hydrogen) atoms. The van der Waals surface area contributed by atoms with Gasteiger partial charge in [0.25, 0.3) is 12.0 Å². The fourth-order valence-electron chi connectivity index (χ4n) is 6.05. The summed E-state index contributed by atoms with van der Waals surface area (Å²) in [5.41, 5.74) is 8.07. The Morgan fingerprint density at radius 3 is 2.53 bits per heavy atom. The molecule has 2 N–H and O–H groups in total. The van der Waals surface area contributed by atoms with Gasteiger partial charge in [0, 0.05) is 23.6 Å². The van der Waals surface area contributed by atoms with Crippen LogP contribution in [0.4, 0.5) is 0 Å². The van der Waals surface area contributed by atoms with Crippen molar-refractivity contribution in [1.82, 2.24) is 24.6 Å². The second-order valence-corrected chi connectivity index (χ2v) is 10.7. The monoisotopic (exact) mass is 606 g/mol. The van der Waals surface area contributed by atoms with Crippen LogP contribution < -0.4 is 62.4 Å². The van der Waals surface area contributed by atoms with E-state index in [0.29, 0.717) is 24.5 Å². The number of hydroxylamine groups is 1. The first-order chi connectivity index (χ1) is 20.6. The normalized spacial score (nSPS) is 19.8. The summed E-state index contributed by atoms with van der Waals surface area (Å²) < 4.78 is 9.32. The smallest absolute Gasteiger partial charge is 0.363 e. The van der Waals surface area contributed by atoms with E-state index in [1.807, 2.05) is 63.7 Å². The SMILES string of the molecule is CCCc1c(Cc2ccc(-c3ccccc3C3=NC(O)ON3)cc2)c(=O)n(C2CCC(OCC#N)CC2)c2ncnn12.[K+]. The van der Waals surface area contributed by atoms with Crippen molar-refractivity contribution in [3.8, 4) is 17.2 Å². The summed E-state index contributed by atoms with van der Waals surface area (Å²) in [6.07, 6.45) is 5.54. The standard InChI is InChI=1S/C31H33N7O4.K/c1-2-5-27-26(29(39)37(30-33-19-34-38(27)30)22-12-14-23(15-13-22)41-17-16-32)18-20-8-10-21(11-9-20)24-6-3-4-7-25(24)28-35-31(40)42-36-28;/h3-4,6-11,19,22-23,31,40H,2,5,12-15,17-18H2,1H3,(H,35,36);/q;+1. The molecule has 0 radical (unpaired) electrons. The number of aromatic nitrogens is 4. The van der Waals surface area contributed by atoms with E-state index in [2.05, 4.69) is 27.5 Å². The van der Waals surface area contributed by atoms with Gasteiger partial charge in [-0.25, -0.2) is 19.8 Å². The van der Waals surface area contributed by atoms with E-state index in [1.165, 1.54) is 6.33 Å².